The summed E-state index contributed by atoms with van der Waals surface area (Å²) in [6.45, 7) is 0.901. The zero-order chi connectivity index (χ0) is 13.9. The van der Waals surface area contributed by atoms with Gasteiger partial charge in [0.25, 0.3) is 5.91 Å². The molecule has 1 heterocycles. The zero-order valence-corrected chi connectivity index (χ0v) is 12.2. The topological polar surface area (TPSA) is 29.5 Å². The van der Waals surface area contributed by atoms with E-state index in [4.69, 9.17) is 4.74 Å². The average Bonchev–Trinajstić information content (AvgIpc) is 2.53. The predicted octanol–water partition coefficient (Wildman–Crippen LogP) is 3.49. The van der Waals surface area contributed by atoms with Crippen molar-refractivity contribution < 1.29 is 9.53 Å². The van der Waals surface area contributed by atoms with Crippen LogP contribution in [-0.4, -0.2) is 30.5 Å². The molecule has 2 aliphatic rings. The Bertz CT molecular complexity index is 484. The van der Waals surface area contributed by atoms with Crippen LogP contribution >= 0.6 is 0 Å². The molecule has 1 amide bonds. The highest BCUT2D eigenvalue weighted by Gasteiger charge is 2.36. The fourth-order valence-electron chi connectivity index (χ4n) is 3.85. The van der Waals surface area contributed by atoms with Gasteiger partial charge < -0.3 is 9.64 Å². The van der Waals surface area contributed by atoms with Crippen molar-refractivity contribution in [3.8, 4) is 5.75 Å². The molecular weight excluding hydrogens is 250 g/mol. The first-order valence-electron chi connectivity index (χ1n) is 7.75. The van der Waals surface area contributed by atoms with Crippen LogP contribution in [0.25, 0.3) is 0 Å². The number of piperidine rings is 1. The van der Waals surface area contributed by atoms with Gasteiger partial charge in [-0.15, -0.1) is 0 Å². The van der Waals surface area contributed by atoms with E-state index in [9.17, 15) is 4.79 Å². The van der Waals surface area contributed by atoms with Crippen LogP contribution < -0.4 is 4.74 Å². The lowest BCUT2D eigenvalue weighted by molar-refractivity contribution is 0.0388. The summed E-state index contributed by atoms with van der Waals surface area (Å²) < 4.78 is 5.35. The molecule has 0 bridgehead atoms. The number of likely N-dealkylation sites (tertiary alicyclic amines) is 1. The lowest BCUT2D eigenvalue weighted by atomic mass is 9.78. The summed E-state index contributed by atoms with van der Waals surface area (Å²) in [6.07, 6.45) is 7.49. The van der Waals surface area contributed by atoms with Crippen LogP contribution in [0.4, 0.5) is 0 Å². The van der Waals surface area contributed by atoms with Crippen molar-refractivity contribution in [2.24, 2.45) is 5.92 Å². The number of benzene rings is 1. The molecule has 108 valence electrons. The smallest absolute Gasteiger partial charge is 0.257 e. The molecule has 3 rings (SSSR count). The molecule has 1 saturated heterocycles. The van der Waals surface area contributed by atoms with Crippen molar-refractivity contribution in [2.75, 3.05) is 13.7 Å². The lowest BCUT2D eigenvalue weighted by Crippen LogP contribution is -2.49. The molecule has 0 aromatic heterocycles. The maximum Gasteiger partial charge on any atom is 0.257 e. The molecule has 2 atom stereocenters. The second kappa shape index (κ2) is 5.86. The Morgan fingerprint density at radius 1 is 1.15 bits per heavy atom. The molecule has 0 radical (unpaired) electrons. The number of nitrogens with zero attached hydrogens (tertiary/aromatic N) is 1. The highest BCUT2D eigenvalue weighted by Crippen LogP contribution is 2.36. The molecule has 3 heteroatoms. The van der Waals surface area contributed by atoms with Gasteiger partial charge >= 0.3 is 0 Å². The molecule has 1 aromatic rings. The van der Waals surface area contributed by atoms with E-state index >= 15 is 0 Å². The summed E-state index contributed by atoms with van der Waals surface area (Å²) in [4.78, 5) is 15.0. The highest BCUT2D eigenvalue weighted by molar-refractivity contribution is 5.97. The lowest BCUT2D eigenvalue weighted by Gasteiger charge is -2.44. The third kappa shape index (κ3) is 2.41. The van der Waals surface area contributed by atoms with Gasteiger partial charge in [0.2, 0.25) is 0 Å². The van der Waals surface area contributed by atoms with Crippen molar-refractivity contribution in [1.29, 1.82) is 0 Å². The number of ether oxygens (including phenoxy) is 1. The molecule has 0 N–H and O–H groups in total. The van der Waals surface area contributed by atoms with Crippen LogP contribution in [0.5, 0.6) is 5.75 Å². The first kappa shape index (κ1) is 13.5. The molecule has 1 saturated carbocycles. The monoisotopic (exact) mass is 273 g/mol. The van der Waals surface area contributed by atoms with Crippen LogP contribution in [0.3, 0.4) is 0 Å². The second-order valence-corrected chi connectivity index (χ2v) is 5.95. The summed E-state index contributed by atoms with van der Waals surface area (Å²) >= 11 is 0. The molecule has 1 aromatic carbocycles. The summed E-state index contributed by atoms with van der Waals surface area (Å²) in [7, 11) is 1.63. The molecule has 3 nitrogen and oxygen atoms in total. The van der Waals surface area contributed by atoms with E-state index in [2.05, 4.69) is 4.90 Å². The van der Waals surface area contributed by atoms with Crippen LogP contribution in [0, 0.1) is 5.92 Å². The third-order valence-corrected chi connectivity index (χ3v) is 4.84. The van der Waals surface area contributed by atoms with Crippen LogP contribution in [0.1, 0.15) is 48.9 Å². The number of carbonyl (C=O) groups excluding carboxylic acids is 1. The first-order valence-corrected chi connectivity index (χ1v) is 7.75. The van der Waals surface area contributed by atoms with E-state index < -0.39 is 0 Å². The maximum atomic E-state index is 12.9. The van der Waals surface area contributed by atoms with E-state index in [0.29, 0.717) is 17.4 Å². The van der Waals surface area contributed by atoms with E-state index in [0.717, 1.165) is 18.9 Å². The standard InChI is InChI=1S/C17H23NO2/c1-20-16-11-5-3-9-14(16)17(19)18-12-6-8-13-7-2-4-10-15(13)18/h3,5,9,11,13,15H,2,4,6-8,10,12H2,1H3. The van der Waals surface area contributed by atoms with Crippen molar-refractivity contribution in [3.63, 3.8) is 0 Å². The minimum atomic E-state index is 0.152. The van der Waals surface area contributed by atoms with Gasteiger partial charge in [-0.3, -0.25) is 4.79 Å². The normalized spacial score (nSPS) is 25.9. The van der Waals surface area contributed by atoms with Gasteiger partial charge in [-0.2, -0.15) is 0 Å². The number of hydrogen-bond donors (Lipinski definition) is 0. The number of methoxy groups -OCH3 is 1. The van der Waals surface area contributed by atoms with E-state index in [1.54, 1.807) is 7.11 Å². The van der Waals surface area contributed by atoms with Crippen molar-refractivity contribution in [2.45, 2.75) is 44.6 Å². The Labute approximate surface area is 120 Å². The van der Waals surface area contributed by atoms with Gasteiger partial charge in [-0.25, -0.2) is 0 Å². The highest BCUT2D eigenvalue weighted by atomic mass is 16.5. The van der Waals surface area contributed by atoms with Gasteiger partial charge in [-0.05, 0) is 43.7 Å². The number of carbonyl (C=O) groups is 1. The van der Waals surface area contributed by atoms with E-state index in [-0.39, 0.29) is 5.91 Å². The third-order valence-electron chi connectivity index (χ3n) is 4.84. The number of amides is 1. The average molecular weight is 273 g/mol. The molecule has 20 heavy (non-hydrogen) atoms. The molecule has 1 aliphatic heterocycles. The Kier molecular flexibility index (Phi) is 3.95. The zero-order valence-electron chi connectivity index (χ0n) is 12.2. The number of para-hydroxylation sites is 1. The Hall–Kier alpha value is -1.51. The summed E-state index contributed by atoms with van der Waals surface area (Å²) in [6, 6.07) is 8.03. The first-order chi connectivity index (χ1) is 9.81. The van der Waals surface area contributed by atoms with Crippen LogP contribution in [-0.2, 0) is 0 Å². The molecule has 2 fully saturated rings. The molecular formula is C17H23NO2. The fraction of sp³-hybridized carbons (Fsp3) is 0.588. The maximum absolute atomic E-state index is 12.9. The largest absolute Gasteiger partial charge is 0.496 e. The molecule has 1 aliphatic carbocycles. The van der Waals surface area contributed by atoms with Crippen molar-refractivity contribution >= 4 is 5.91 Å². The minimum absolute atomic E-state index is 0.152. The van der Waals surface area contributed by atoms with Gasteiger partial charge in [-0.1, -0.05) is 25.0 Å². The number of fused-ring (bicyclic) bond motifs is 1. The van der Waals surface area contributed by atoms with Gasteiger partial charge in [0.1, 0.15) is 5.75 Å². The summed E-state index contributed by atoms with van der Waals surface area (Å²) in [5.74, 6) is 1.56. The van der Waals surface area contributed by atoms with Crippen LogP contribution in [0.2, 0.25) is 0 Å². The fourth-order valence-corrected chi connectivity index (χ4v) is 3.85. The number of hydrogen-bond acceptors (Lipinski definition) is 2. The van der Waals surface area contributed by atoms with Gasteiger partial charge in [0, 0.05) is 12.6 Å². The van der Waals surface area contributed by atoms with Gasteiger partial charge in [0.15, 0.2) is 0 Å². The van der Waals surface area contributed by atoms with E-state index in [1.165, 1.54) is 32.1 Å². The molecule has 2 unspecified atom stereocenters. The Morgan fingerprint density at radius 3 is 2.75 bits per heavy atom. The quantitative estimate of drug-likeness (QED) is 0.825. The Balaban J connectivity index is 1.85. The van der Waals surface area contributed by atoms with Crippen molar-refractivity contribution in [1.82, 2.24) is 4.90 Å². The SMILES string of the molecule is COc1ccccc1C(=O)N1CCCC2CCCCC21. The molecule has 0 spiro atoms. The Morgan fingerprint density at radius 2 is 1.90 bits per heavy atom. The second-order valence-electron chi connectivity index (χ2n) is 5.95. The predicted molar refractivity (Wildman–Crippen MR) is 79.0 cm³/mol. The summed E-state index contributed by atoms with van der Waals surface area (Å²) in [5.41, 5.74) is 0.709. The summed E-state index contributed by atoms with van der Waals surface area (Å²) in [5, 5.41) is 0. The van der Waals surface area contributed by atoms with Crippen LogP contribution in [0.15, 0.2) is 24.3 Å². The minimum Gasteiger partial charge on any atom is -0.496 e. The van der Waals surface area contributed by atoms with Crippen molar-refractivity contribution in [3.05, 3.63) is 29.8 Å². The number of rotatable bonds is 2. The van der Waals surface area contributed by atoms with Gasteiger partial charge in [0.05, 0.1) is 12.7 Å². The van der Waals surface area contributed by atoms with E-state index in [1.807, 2.05) is 24.3 Å².